The number of pyridine rings is 1. The summed E-state index contributed by atoms with van der Waals surface area (Å²) >= 11 is 3.66. The first kappa shape index (κ1) is 14.6. The fourth-order valence-corrected chi connectivity index (χ4v) is 3.04. The van der Waals surface area contributed by atoms with Crippen molar-refractivity contribution in [2.45, 2.75) is 46.0 Å². The summed E-state index contributed by atoms with van der Waals surface area (Å²) in [7, 11) is 0. The minimum Gasteiger partial charge on any atom is -0.340 e. The number of halogens is 1. The summed E-state index contributed by atoms with van der Waals surface area (Å²) < 4.78 is 1.20. The van der Waals surface area contributed by atoms with E-state index in [-0.39, 0.29) is 0 Å². The SMILES string of the molecule is CCc1cc(C)cnc1Nc1cc(C)c(Br)cc1C1CC1. The number of nitrogens with zero attached hydrogens (tertiary/aromatic N) is 1. The van der Waals surface area contributed by atoms with Gasteiger partial charge in [0.05, 0.1) is 0 Å². The van der Waals surface area contributed by atoms with Crippen LogP contribution >= 0.6 is 15.9 Å². The van der Waals surface area contributed by atoms with E-state index >= 15 is 0 Å². The molecule has 21 heavy (non-hydrogen) atoms. The molecule has 0 aliphatic heterocycles. The first-order chi connectivity index (χ1) is 10.1. The van der Waals surface area contributed by atoms with Gasteiger partial charge in [0.1, 0.15) is 5.82 Å². The smallest absolute Gasteiger partial charge is 0.133 e. The lowest BCUT2D eigenvalue weighted by Gasteiger charge is -2.16. The maximum atomic E-state index is 4.59. The molecule has 3 heteroatoms. The first-order valence-electron chi connectivity index (χ1n) is 7.61. The highest BCUT2D eigenvalue weighted by atomic mass is 79.9. The summed E-state index contributed by atoms with van der Waals surface area (Å²) in [6.07, 6.45) is 5.52. The highest BCUT2D eigenvalue weighted by molar-refractivity contribution is 9.10. The van der Waals surface area contributed by atoms with Crippen molar-refractivity contribution >= 4 is 27.4 Å². The Hall–Kier alpha value is -1.35. The Morgan fingerprint density at radius 1 is 1.24 bits per heavy atom. The van der Waals surface area contributed by atoms with E-state index in [0.29, 0.717) is 5.92 Å². The molecule has 1 aromatic carbocycles. The molecule has 0 spiro atoms. The number of anilines is 2. The number of nitrogens with one attached hydrogen (secondary N) is 1. The van der Waals surface area contributed by atoms with Crippen LogP contribution < -0.4 is 5.32 Å². The van der Waals surface area contributed by atoms with Crippen LogP contribution in [0.25, 0.3) is 0 Å². The molecule has 2 aromatic rings. The van der Waals surface area contributed by atoms with E-state index in [1.54, 1.807) is 0 Å². The third-order valence-electron chi connectivity index (χ3n) is 4.09. The summed E-state index contributed by atoms with van der Waals surface area (Å²) in [5, 5.41) is 3.58. The topological polar surface area (TPSA) is 24.9 Å². The monoisotopic (exact) mass is 344 g/mol. The molecule has 1 heterocycles. The Kier molecular flexibility index (Phi) is 4.03. The second kappa shape index (κ2) is 5.80. The van der Waals surface area contributed by atoms with Crippen molar-refractivity contribution in [2.75, 3.05) is 5.32 Å². The quantitative estimate of drug-likeness (QED) is 0.775. The molecule has 0 saturated heterocycles. The summed E-state index contributed by atoms with van der Waals surface area (Å²) in [4.78, 5) is 4.59. The van der Waals surface area contributed by atoms with Crippen LogP contribution in [0.3, 0.4) is 0 Å². The molecule has 0 radical (unpaired) electrons. The van der Waals surface area contributed by atoms with E-state index < -0.39 is 0 Å². The van der Waals surface area contributed by atoms with Gasteiger partial charge in [0, 0.05) is 16.4 Å². The highest BCUT2D eigenvalue weighted by Crippen LogP contribution is 2.45. The Bertz CT molecular complexity index is 675. The van der Waals surface area contributed by atoms with Crippen molar-refractivity contribution in [3.05, 3.63) is 51.1 Å². The second-order valence-electron chi connectivity index (χ2n) is 5.96. The molecule has 3 rings (SSSR count). The highest BCUT2D eigenvalue weighted by Gasteiger charge is 2.27. The van der Waals surface area contributed by atoms with E-state index in [1.807, 2.05) is 6.20 Å². The number of hydrogen-bond donors (Lipinski definition) is 1. The van der Waals surface area contributed by atoms with Gasteiger partial charge < -0.3 is 5.32 Å². The average molecular weight is 345 g/mol. The minimum absolute atomic E-state index is 0.708. The number of rotatable bonds is 4. The molecule has 1 aliphatic rings. The maximum absolute atomic E-state index is 4.59. The van der Waals surface area contributed by atoms with Gasteiger partial charge in [0.2, 0.25) is 0 Å². The van der Waals surface area contributed by atoms with Gasteiger partial charge >= 0.3 is 0 Å². The number of benzene rings is 1. The fraction of sp³-hybridized carbons (Fsp3) is 0.389. The lowest BCUT2D eigenvalue weighted by atomic mass is 10.0. The third kappa shape index (κ3) is 3.13. The van der Waals surface area contributed by atoms with Crippen LogP contribution in [0.5, 0.6) is 0 Å². The molecule has 1 saturated carbocycles. The van der Waals surface area contributed by atoms with Crippen molar-refractivity contribution in [1.29, 1.82) is 0 Å². The van der Waals surface area contributed by atoms with Gasteiger partial charge in [-0.3, -0.25) is 0 Å². The zero-order valence-corrected chi connectivity index (χ0v) is 14.4. The minimum atomic E-state index is 0.708. The van der Waals surface area contributed by atoms with Crippen LogP contribution in [-0.4, -0.2) is 4.98 Å². The van der Waals surface area contributed by atoms with Gasteiger partial charge in [0.25, 0.3) is 0 Å². The first-order valence-corrected chi connectivity index (χ1v) is 8.40. The largest absolute Gasteiger partial charge is 0.340 e. The second-order valence-corrected chi connectivity index (χ2v) is 6.82. The van der Waals surface area contributed by atoms with E-state index in [0.717, 1.165) is 12.2 Å². The number of hydrogen-bond acceptors (Lipinski definition) is 2. The Morgan fingerprint density at radius 3 is 2.67 bits per heavy atom. The molecule has 0 atom stereocenters. The van der Waals surface area contributed by atoms with Gasteiger partial charge in [-0.1, -0.05) is 28.9 Å². The Morgan fingerprint density at radius 2 is 2.00 bits per heavy atom. The van der Waals surface area contributed by atoms with Crippen LogP contribution in [-0.2, 0) is 6.42 Å². The summed E-state index contributed by atoms with van der Waals surface area (Å²) in [6, 6.07) is 6.73. The van der Waals surface area contributed by atoms with E-state index in [2.05, 4.69) is 65.2 Å². The van der Waals surface area contributed by atoms with Gasteiger partial charge in [-0.05, 0) is 73.4 Å². The van der Waals surface area contributed by atoms with Crippen molar-refractivity contribution < 1.29 is 0 Å². The van der Waals surface area contributed by atoms with Gasteiger partial charge in [0.15, 0.2) is 0 Å². The van der Waals surface area contributed by atoms with Gasteiger partial charge in [-0.2, -0.15) is 0 Å². The predicted molar refractivity (Wildman–Crippen MR) is 92.5 cm³/mol. The van der Waals surface area contributed by atoms with Crippen LogP contribution in [0.1, 0.15) is 47.9 Å². The van der Waals surface area contributed by atoms with Crippen LogP contribution in [0.2, 0.25) is 0 Å². The molecule has 0 amide bonds. The molecular formula is C18H21BrN2. The summed E-state index contributed by atoms with van der Waals surface area (Å²) in [5.74, 6) is 1.70. The third-order valence-corrected chi connectivity index (χ3v) is 4.94. The molecule has 1 aliphatic carbocycles. The van der Waals surface area contributed by atoms with Crippen molar-refractivity contribution in [3.8, 4) is 0 Å². The molecule has 1 fully saturated rings. The average Bonchev–Trinajstić information content (AvgIpc) is 3.29. The molecule has 1 N–H and O–H groups in total. The lowest BCUT2D eigenvalue weighted by molar-refractivity contribution is 1.08. The van der Waals surface area contributed by atoms with Crippen LogP contribution in [0, 0.1) is 13.8 Å². The zero-order valence-electron chi connectivity index (χ0n) is 12.8. The van der Waals surface area contributed by atoms with E-state index in [4.69, 9.17) is 0 Å². The Labute approximate surface area is 135 Å². The molecular weight excluding hydrogens is 324 g/mol. The zero-order chi connectivity index (χ0) is 15.0. The van der Waals surface area contributed by atoms with Crippen molar-refractivity contribution in [1.82, 2.24) is 4.98 Å². The maximum Gasteiger partial charge on any atom is 0.133 e. The fourth-order valence-electron chi connectivity index (χ4n) is 2.68. The van der Waals surface area contributed by atoms with Gasteiger partial charge in [-0.15, -0.1) is 0 Å². The lowest BCUT2D eigenvalue weighted by Crippen LogP contribution is -2.02. The predicted octanol–water partition coefficient (Wildman–Crippen LogP) is 5.64. The molecule has 2 nitrogen and oxygen atoms in total. The summed E-state index contributed by atoms with van der Waals surface area (Å²) in [6.45, 7) is 6.40. The normalized spacial score (nSPS) is 14.3. The number of aryl methyl sites for hydroxylation is 3. The van der Waals surface area contributed by atoms with Crippen molar-refractivity contribution in [2.24, 2.45) is 0 Å². The summed E-state index contributed by atoms with van der Waals surface area (Å²) in [5.41, 5.74) is 6.37. The van der Waals surface area contributed by atoms with Crippen LogP contribution in [0.15, 0.2) is 28.9 Å². The standard InChI is InChI=1S/C18H21BrN2/c1-4-13-7-11(2)10-20-18(13)21-17-8-12(3)16(19)9-15(17)14-5-6-14/h7-10,14H,4-6H2,1-3H3,(H,20,21). The number of aromatic nitrogens is 1. The van der Waals surface area contributed by atoms with E-state index in [9.17, 15) is 0 Å². The van der Waals surface area contributed by atoms with Crippen molar-refractivity contribution in [3.63, 3.8) is 0 Å². The molecule has 0 bridgehead atoms. The molecule has 1 aromatic heterocycles. The van der Waals surface area contributed by atoms with Crippen LogP contribution in [0.4, 0.5) is 11.5 Å². The van der Waals surface area contributed by atoms with E-state index in [1.165, 1.54) is 45.3 Å². The van der Waals surface area contributed by atoms with Gasteiger partial charge in [-0.25, -0.2) is 4.98 Å². The molecule has 110 valence electrons. The molecule has 0 unspecified atom stereocenters. The Balaban J connectivity index is 1.99.